The lowest BCUT2D eigenvalue weighted by atomic mass is 10.0. The molecule has 6 nitrogen and oxygen atoms in total. The van der Waals surface area contributed by atoms with E-state index in [9.17, 15) is 4.79 Å². The Balaban J connectivity index is 0.00000364. The Kier molecular flexibility index (Phi) is 10.7. The van der Waals surface area contributed by atoms with Gasteiger partial charge in [-0.3, -0.25) is 9.79 Å². The van der Waals surface area contributed by atoms with E-state index in [1.807, 2.05) is 19.9 Å². The van der Waals surface area contributed by atoms with Crippen molar-refractivity contribution in [3.05, 3.63) is 35.4 Å². The number of nitrogens with one attached hydrogen (secondary N) is 2. The van der Waals surface area contributed by atoms with Crippen LogP contribution in [0.4, 0.5) is 0 Å². The van der Waals surface area contributed by atoms with Crippen molar-refractivity contribution in [3.8, 4) is 0 Å². The molecule has 1 amide bonds. The number of hydrogen-bond acceptors (Lipinski definition) is 3. The first kappa shape index (κ1) is 23.7. The van der Waals surface area contributed by atoms with Crippen molar-refractivity contribution in [1.29, 1.82) is 0 Å². The smallest absolute Gasteiger partial charge is 0.222 e. The lowest BCUT2D eigenvalue weighted by molar-refractivity contribution is -0.121. The van der Waals surface area contributed by atoms with E-state index in [1.54, 1.807) is 0 Å². The third kappa shape index (κ3) is 7.65. The van der Waals surface area contributed by atoms with E-state index in [2.05, 4.69) is 52.6 Å². The summed E-state index contributed by atoms with van der Waals surface area (Å²) in [6, 6.07) is 8.51. The number of halogens is 1. The number of aryl methyl sites for hydroxylation is 1. The van der Waals surface area contributed by atoms with Gasteiger partial charge in [0.05, 0.1) is 19.7 Å². The number of aliphatic imine (C=N–C) groups is 1. The molecule has 1 saturated heterocycles. The van der Waals surface area contributed by atoms with Gasteiger partial charge in [0.15, 0.2) is 5.96 Å². The quantitative estimate of drug-likeness (QED) is 0.367. The number of carbonyl (C=O) groups is 1. The van der Waals surface area contributed by atoms with Crippen molar-refractivity contribution in [2.24, 2.45) is 4.99 Å². The van der Waals surface area contributed by atoms with Gasteiger partial charge in [0, 0.05) is 25.6 Å². The number of guanidine groups is 1. The molecule has 0 aliphatic carbocycles. The first-order valence-corrected chi connectivity index (χ1v) is 9.51. The number of nitrogens with zero attached hydrogens (tertiary/aromatic N) is 2. The van der Waals surface area contributed by atoms with E-state index in [-0.39, 0.29) is 42.0 Å². The summed E-state index contributed by atoms with van der Waals surface area (Å²) in [5.41, 5.74) is 2.47. The molecule has 2 rings (SSSR count). The van der Waals surface area contributed by atoms with Gasteiger partial charge in [-0.1, -0.05) is 24.3 Å². The monoisotopic (exact) mass is 488 g/mol. The van der Waals surface area contributed by atoms with Crippen LogP contribution < -0.4 is 10.6 Å². The SMILES string of the molecule is CCNC(=NCCC(=O)NC(C)C)N1CCOC(c2ccccc2C)C1.I. The highest BCUT2D eigenvalue weighted by atomic mass is 127. The topological polar surface area (TPSA) is 66.0 Å². The van der Waals surface area contributed by atoms with Gasteiger partial charge >= 0.3 is 0 Å². The fourth-order valence-electron chi connectivity index (χ4n) is 3.06. The first-order chi connectivity index (χ1) is 12.5. The Morgan fingerprint density at radius 1 is 1.37 bits per heavy atom. The summed E-state index contributed by atoms with van der Waals surface area (Å²) in [6.45, 7) is 11.6. The molecule has 1 atom stereocenters. The Morgan fingerprint density at radius 3 is 2.78 bits per heavy atom. The molecule has 152 valence electrons. The summed E-state index contributed by atoms with van der Waals surface area (Å²) in [6.07, 6.45) is 0.441. The van der Waals surface area contributed by atoms with Gasteiger partial charge in [-0.15, -0.1) is 24.0 Å². The lowest BCUT2D eigenvalue weighted by Gasteiger charge is -2.35. The fraction of sp³-hybridized carbons (Fsp3) is 0.600. The normalized spacial score (nSPS) is 17.4. The predicted molar refractivity (Wildman–Crippen MR) is 121 cm³/mol. The van der Waals surface area contributed by atoms with Gasteiger partial charge in [-0.05, 0) is 38.8 Å². The van der Waals surface area contributed by atoms with Crippen LogP contribution in [-0.4, -0.2) is 55.6 Å². The van der Waals surface area contributed by atoms with Crippen molar-refractivity contribution < 1.29 is 9.53 Å². The van der Waals surface area contributed by atoms with Crippen LogP contribution in [0.1, 0.15) is 44.4 Å². The minimum Gasteiger partial charge on any atom is -0.370 e. The fourth-order valence-corrected chi connectivity index (χ4v) is 3.06. The van der Waals surface area contributed by atoms with Crippen LogP contribution in [0.25, 0.3) is 0 Å². The molecule has 1 fully saturated rings. The molecule has 0 aromatic heterocycles. The van der Waals surface area contributed by atoms with Crippen LogP contribution in [0, 0.1) is 6.92 Å². The Bertz CT molecular complexity index is 622. The van der Waals surface area contributed by atoms with Gasteiger partial charge in [-0.25, -0.2) is 0 Å². The maximum Gasteiger partial charge on any atom is 0.222 e. The van der Waals surface area contributed by atoms with Gasteiger partial charge < -0.3 is 20.3 Å². The molecule has 0 bridgehead atoms. The standard InChI is InChI=1S/C20H32N4O2.HI/c1-5-21-20(22-11-10-19(25)23-15(2)3)24-12-13-26-18(14-24)17-9-7-6-8-16(17)4;/h6-9,15,18H,5,10-14H2,1-4H3,(H,21,22)(H,23,25);1H. The zero-order valence-corrected chi connectivity index (χ0v) is 19.2. The zero-order chi connectivity index (χ0) is 18.9. The van der Waals surface area contributed by atoms with Crippen molar-refractivity contribution in [3.63, 3.8) is 0 Å². The summed E-state index contributed by atoms with van der Waals surface area (Å²) in [5.74, 6) is 0.895. The lowest BCUT2D eigenvalue weighted by Crippen LogP contribution is -2.48. The van der Waals surface area contributed by atoms with Crippen molar-refractivity contribution in [2.75, 3.05) is 32.8 Å². The minimum absolute atomic E-state index is 0. The second kappa shape index (κ2) is 12.2. The molecular weight excluding hydrogens is 455 g/mol. The number of carbonyl (C=O) groups excluding carboxylic acids is 1. The summed E-state index contributed by atoms with van der Waals surface area (Å²) >= 11 is 0. The van der Waals surface area contributed by atoms with Crippen LogP contribution in [0.3, 0.4) is 0 Å². The average Bonchev–Trinajstić information content (AvgIpc) is 2.61. The highest BCUT2D eigenvalue weighted by molar-refractivity contribution is 14.0. The van der Waals surface area contributed by atoms with Gasteiger partial charge in [0.2, 0.25) is 5.91 Å². The average molecular weight is 488 g/mol. The number of rotatable bonds is 6. The molecule has 0 spiro atoms. The second-order valence-electron chi connectivity index (χ2n) is 6.87. The molecule has 1 unspecified atom stereocenters. The van der Waals surface area contributed by atoms with E-state index in [4.69, 9.17) is 4.74 Å². The molecule has 1 aliphatic heterocycles. The largest absolute Gasteiger partial charge is 0.370 e. The highest BCUT2D eigenvalue weighted by Crippen LogP contribution is 2.24. The number of benzene rings is 1. The second-order valence-corrected chi connectivity index (χ2v) is 6.87. The van der Waals surface area contributed by atoms with E-state index >= 15 is 0 Å². The molecule has 1 aliphatic rings. The number of hydrogen-bond donors (Lipinski definition) is 2. The summed E-state index contributed by atoms with van der Waals surface area (Å²) in [5, 5.41) is 6.24. The number of morpholine rings is 1. The molecule has 7 heteroatoms. The predicted octanol–water partition coefficient (Wildman–Crippen LogP) is 2.87. The summed E-state index contributed by atoms with van der Waals surface area (Å²) in [7, 11) is 0. The third-order valence-corrected chi connectivity index (χ3v) is 4.29. The third-order valence-electron chi connectivity index (χ3n) is 4.29. The van der Waals surface area contributed by atoms with Crippen molar-refractivity contribution in [2.45, 2.75) is 46.3 Å². The van der Waals surface area contributed by atoms with Crippen molar-refractivity contribution in [1.82, 2.24) is 15.5 Å². The molecule has 0 radical (unpaired) electrons. The van der Waals surface area contributed by atoms with E-state index in [0.29, 0.717) is 19.6 Å². The van der Waals surface area contributed by atoms with E-state index in [0.717, 1.165) is 25.6 Å². The molecule has 1 heterocycles. The Labute approximate surface area is 180 Å². The molecule has 2 N–H and O–H groups in total. The minimum atomic E-state index is 0. The number of ether oxygens (including phenoxy) is 1. The van der Waals surface area contributed by atoms with Crippen molar-refractivity contribution >= 4 is 35.8 Å². The van der Waals surface area contributed by atoms with E-state index < -0.39 is 0 Å². The molecule has 27 heavy (non-hydrogen) atoms. The Morgan fingerprint density at radius 2 is 2.11 bits per heavy atom. The molecule has 0 saturated carbocycles. The Hall–Kier alpha value is -1.35. The highest BCUT2D eigenvalue weighted by Gasteiger charge is 2.25. The molecular formula is C20H33IN4O2. The maximum atomic E-state index is 11.8. The first-order valence-electron chi connectivity index (χ1n) is 9.51. The van der Waals surface area contributed by atoms with Crippen LogP contribution in [-0.2, 0) is 9.53 Å². The summed E-state index contributed by atoms with van der Waals surface area (Å²) in [4.78, 5) is 18.7. The van der Waals surface area contributed by atoms with Gasteiger partial charge in [0.1, 0.15) is 6.10 Å². The summed E-state index contributed by atoms with van der Waals surface area (Å²) < 4.78 is 6.00. The maximum absolute atomic E-state index is 11.8. The molecule has 1 aromatic rings. The number of amides is 1. The van der Waals surface area contributed by atoms with Crippen LogP contribution in [0.15, 0.2) is 29.3 Å². The van der Waals surface area contributed by atoms with Gasteiger partial charge in [-0.2, -0.15) is 0 Å². The zero-order valence-electron chi connectivity index (χ0n) is 16.8. The van der Waals surface area contributed by atoms with Crippen LogP contribution in [0.2, 0.25) is 0 Å². The molecule has 1 aromatic carbocycles. The van der Waals surface area contributed by atoms with Crippen LogP contribution in [0.5, 0.6) is 0 Å². The van der Waals surface area contributed by atoms with Gasteiger partial charge in [0.25, 0.3) is 0 Å². The van der Waals surface area contributed by atoms with E-state index in [1.165, 1.54) is 11.1 Å². The van der Waals surface area contributed by atoms with Crippen LogP contribution >= 0.6 is 24.0 Å².